The number of likely N-dealkylation sites (tertiary alicyclic amines) is 1. The predicted octanol–water partition coefficient (Wildman–Crippen LogP) is 1.47. The number of aliphatic carboxylic acids is 1. The van der Waals surface area contributed by atoms with Gasteiger partial charge in [0.1, 0.15) is 120 Å². The Kier molecular flexibility index (Phi) is 31.2. The number of ether oxygens (including phenoxy) is 8. The third kappa shape index (κ3) is 21.8. The van der Waals surface area contributed by atoms with Crippen molar-refractivity contribution < 1.29 is 138 Å². The smallest absolute Gasteiger partial charge is 0.330 e. The number of piperidine rings is 1. The summed E-state index contributed by atoms with van der Waals surface area (Å²) < 4.78 is 51.4. The van der Waals surface area contributed by atoms with Crippen LogP contribution in [0.4, 0.5) is 0 Å². The molecular formula is C87H109Cl2N11O28. The van der Waals surface area contributed by atoms with E-state index in [4.69, 9.17) is 72.6 Å². The molecule has 6 aromatic rings. The van der Waals surface area contributed by atoms with Gasteiger partial charge in [-0.1, -0.05) is 93.0 Å². The van der Waals surface area contributed by atoms with Crippen LogP contribution in [0.1, 0.15) is 137 Å². The molecule has 6 aromatic carbocycles. The van der Waals surface area contributed by atoms with E-state index in [1.54, 1.807) is 0 Å². The Morgan fingerprint density at radius 3 is 1.93 bits per heavy atom. The number of aliphatic hydroxyl groups is 8. The van der Waals surface area contributed by atoms with E-state index in [1.807, 2.05) is 32.0 Å². The number of aliphatic hydroxyl groups excluding tert-OH is 8. The van der Waals surface area contributed by atoms with Gasteiger partial charge >= 0.3 is 5.97 Å². The number of carbonyl (C=O) groups excluding carboxylic acids is 7. The van der Waals surface area contributed by atoms with E-state index in [0.29, 0.717) is 12.5 Å². The average molecular weight is 1830 g/mol. The molecule has 9 aliphatic rings. The first kappa shape index (κ1) is 96.9. The van der Waals surface area contributed by atoms with Crippen LogP contribution in [0.3, 0.4) is 0 Å². The number of benzene rings is 6. The third-order valence-corrected chi connectivity index (χ3v) is 24.3. The average Bonchev–Trinajstić information content (AvgIpc) is 0.761. The van der Waals surface area contributed by atoms with Gasteiger partial charge in [-0.3, -0.25) is 38.5 Å². The molecule has 694 valence electrons. The van der Waals surface area contributed by atoms with E-state index in [-0.39, 0.29) is 49.4 Å². The number of nitrogens with zero attached hydrogens (tertiary/aromatic N) is 1. The number of primary amides is 1. The maximum atomic E-state index is 16.5. The fraction of sp³-hybridized carbons (Fsp3) is 0.494. The number of nitrogens with two attached hydrogens (primary N) is 2. The highest BCUT2D eigenvalue weighted by atomic mass is 35.5. The Morgan fingerprint density at radius 2 is 1.30 bits per heavy atom. The molecule has 11 bridgehead atoms. The van der Waals surface area contributed by atoms with Crippen LogP contribution in [0, 0.1) is 11.8 Å². The van der Waals surface area contributed by atoms with Gasteiger partial charge in [-0.15, -0.1) is 0 Å². The van der Waals surface area contributed by atoms with E-state index in [9.17, 15) is 75.7 Å². The molecule has 9 aliphatic heterocycles. The Hall–Kier alpha value is -10.2. The second-order valence-electron chi connectivity index (χ2n) is 33.5. The maximum Gasteiger partial charge on any atom is 0.330 e. The summed E-state index contributed by atoms with van der Waals surface area (Å²) in [5.41, 5.74) is 9.28. The number of halogens is 2. The molecule has 9 heterocycles. The third-order valence-electron chi connectivity index (χ3n) is 23.7. The number of carboxylic acid groups (broad SMARTS) is 1. The minimum Gasteiger partial charge on any atom is -0.508 e. The van der Waals surface area contributed by atoms with Gasteiger partial charge in [0.15, 0.2) is 30.1 Å². The highest BCUT2D eigenvalue weighted by Crippen LogP contribution is 2.50. The minimum absolute atomic E-state index is 0. The first-order valence-electron chi connectivity index (χ1n) is 41.5. The lowest BCUT2D eigenvalue weighted by Crippen LogP contribution is -2.65. The minimum atomic E-state index is -2.42. The Balaban J connectivity index is 0.0000149. The predicted molar refractivity (Wildman–Crippen MR) is 454 cm³/mol. The molecule has 41 heteroatoms. The molecular weight excluding hydrogens is 1720 g/mol. The quantitative estimate of drug-likeness (QED) is 0.0428. The number of likely N-dealkylation sites (N-methyl/N-ethyl adjacent to an activating group) is 1. The summed E-state index contributed by atoms with van der Waals surface area (Å²) in [5.74, 6) is -16.2. The molecule has 4 fully saturated rings. The van der Waals surface area contributed by atoms with Crippen molar-refractivity contribution in [3.8, 4) is 57.1 Å². The number of rotatable bonds is 22. The number of fused-ring (bicyclic) bond motifs is 15. The summed E-state index contributed by atoms with van der Waals surface area (Å²) in [4.78, 5) is 123. The summed E-state index contributed by atoms with van der Waals surface area (Å²) >= 11 is 14.5. The fourth-order valence-corrected chi connectivity index (χ4v) is 17.3. The van der Waals surface area contributed by atoms with Crippen LogP contribution in [0.15, 0.2) is 109 Å². The first-order valence-corrected chi connectivity index (χ1v) is 42.2. The summed E-state index contributed by atoms with van der Waals surface area (Å²) in [5, 5.41) is 160. The van der Waals surface area contributed by atoms with E-state index >= 15 is 24.0 Å². The van der Waals surface area contributed by atoms with Crippen LogP contribution in [0.5, 0.6) is 46.0 Å². The number of nitrogens with one attached hydrogen (secondary N) is 8. The molecule has 23 atom stereocenters. The zero-order valence-electron chi connectivity index (χ0n) is 69.5. The second kappa shape index (κ2) is 41.3. The molecule has 15 rings (SSSR count). The SMILES string of the molecule is C.CN[C@H](CC(C)C)C(=O)N[C@H]1C(=O)N[C@@H](CC(N)=O)C(=O)N[C@H]2C(=O)N[C@H]3C(=O)N[C@H](C(=O)N[C@@H](C(=O)O)c4cc(O)cc(O)c4-c4cc3ccc4O)[C@H](OC3C[C@](C)(N)[C@@H](O)[C@H](C)O3)c3ccc(c(Cl)c3)Oc3cc2cc(c3O[C@@H]2O[C@H](CO)[C@@H](O[C@@H]3O[C@H](CNCCC4CCN(Cc5ccccc5)CC4)[C@H](O)[C@H](O)[C@H]3O)[C@H](O)[C@H]2O)Oc2ccc(cc2Cl)[C@H]1O. The van der Waals surface area contributed by atoms with Crippen molar-refractivity contribution in [1.82, 2.24) is 47.4 Å². The molecule has 24 N–H and O–H groups in total. The topological polar surface area (TPSA) is 605 Å². The number of phenols is 3. The lowest BCUT2D eigenvalue weighted by atomic mass is 9.86. The Labute approximate surface area is 744 Å². The molecule has 0 aromatic heterocycles. The van der Waals surface area contributed by atoms with Crippen molar-refractivity contribution in [3.63, 3.8) is 0 Å². The zero-order valence-corrected chi connectivity index (χ0v) is 71.0. The van der Waals surface area contributed by atoms with Crippen LogP contribution >= 0.6 is 23.2 Å². The lowest BCUT2D eigenvalue weighted by molar-refractivity contribution is -0.350. The molecule has 0 radical (unpaired) electrons. The molecule has 7 amide bonds. The van der Waals surface area contributed by atoms with Gasteiger partial charge in [0.25, 0.3) is 0 Å². The highest BCUT2D eigenvalue weighted by molar-refractivity contribution is 6.32. The van der Waals surface area contributed by atoms with E-state index < -0.39 is 279 Å². The zero-order chi connectivity index (χ0) is 91.5. The largest absolute Gasteiger partial charge is 0.508 e. The maximum absolute atomic E-state index is 16.5. The van der Waals surface area contributed by atoms with Gasteiger partial charge in [-0.05, 0) is 160 Å². The van der Waals surface area contributed by atoms with Crippen LogP contribution in [-0.4, -0.2) is 263 Å². The second-order valence-corrected chi connectivity index (χ2v) is 34.4. The molecule has 128 heavy (non-hydrogen) atoms. The molecule has 0 saturated carbocycles. The van der Waals surface area contributed by atoms with Gasteiger partial charge in [0.2, 0.25) is 53.4 Å². The van der Waals surface area contributed by atoms with Gasteiger partial charge in [0.05, 0.1) is 41.3 Å². The number of hydrogen-bond acceptors (Lipinski definition) is 31. The fourth-order valence-electron chi connectivity index (χ4n) is 16.8. The monoisotopic (exact) mass is 1830 g/mol. The van der Waals surface area contributed by atoms with E-state index in [2.05, 4.69) is 59.6 Å². The van der Waals surface area contributed by atoms with E-state index in [0.717, 1.165) is 99.6 Å². The molecule has 0 aliphatic carbocycles. The van der Waals surface area contributed by atoms with Gasteiger partial charge < -0.3 is 153 Å². The van der Waals surface area contributed by atoms with Crippen molar-refractivity contribution in [1.29, 1.82) is 0 Å². The Bertz CT molecular complexity index is 5040. The van der Waals surface area contributed by atoms with Crippen molar-refractivity contribution in [2.24, 2.45) is 23.3 Å². The molecule has 0 spiro atoms. The van der Waals surface area contributed by atoms with Crippen LogP contribution in [0.2, 0.25) is 10.0 Å². The summed E-state index contributed by atoms with van der Waals surface area (Å²) in [7, 11) is 1.47. The van der Waals surface area contributed by atoms with Crippen LogP contribution in [-0.2, 0) is 68.6 Å². The number of hydrogen-bond donors (Lipinski definition) is 22. The van der Waals surface area contributed by atoms with Crippen molar-refractivity contribution in [2.45, 2.75) is 220 Å². The number of aromatic hydroxyl groups is 3. The first-order chi connectivity index (χ1) is 60.4. The molecule has 4 saturated heterocycles. The van der Waals surface area contributed by atoms with Crippen molar-refractivity contribution in [2.75, 3.05) is 39.8 Å². The van der Waals surface area contributed by atoms with Crippen LogP contribution in [0.25, 0.3) is 11.1 Å². The normalized spacial score (nSPS) is 30.3. The van der Waals surface area contributed by atoms with Gasteiger partial charge in [0, 0.05) is 47.8 Å². The standard InChI is InChI=1S/C86H105Cl2N11O28.CH4/c1-36(2)23-49(91-5)77(112)97-65-67(105)41-12-15-53(47(87)25-41)121-55-27-43-28-56(74(55)126-85-72(110)70(108)75(58(35-100)124-85)127-84-71(109)69(107)68(106)57(123-84)33-92-20-17-38-18-21-99(22-19-38)34-39-9-7-6-8-10-39)122-54-16-13-42(26-48(54)88)73(125-60-32-86(4,90)76(111)37(3)120-60)66-82(117)96-64(83(118)119)46-29-44(101)30-52(103)61(46)45-24-40(11-14-51(45)102)62(79(114)98-66)95-80(115)63(43)94-78(113)50(31-59(89)104)93-81(65)116;/h6-16,24-30,36-38,49-50,57-58,60,62-73,75-76,84-85,91-92,100-103,105-111H,17-23,31-35,90H2,1-5H3,(H2,89,104)(H,93,116)(H,94,113)(H,95,115)(H,96,117)(H,97,112)(H,98,114)(H,118,119);1H4/t37-,49+,50-,57+,58+,60?,62+,63+,64+,65+,66-,67+,68-,69-,70+,71+,72+,73+,75+,76-,84-,85-,86-;/m0./s1. The van der Waals surface area contributed by atoms with Crippen molar-refractivity contribution >= 4 is 70.5 Å². The number of amides is 7. The van der Waals surface area contributed by atoms with Gasteiger partial charge in [-0.25, -0.2) is 4.79 Å². The van der Waals surface area contributed by atoms with Crippen molar-refractivity contribution in [3.05, 3.63) is 153 Å². The number of carboxylic acids is 1. The van der Waals surface area contributed by atoms with E-state index in [1.165, 1.54) is 44.7 Å². The number of carbonyl (C=O) groups is 8. The summed E-state index contributed by atoms with van der Waals surface area (Å²) in [6.45, 7) is 8.49. The highest BCUT2D eigenvalue weighted by Gasteiger charge is 2.53. The summed E-state index contributed by atoms with van der Waals surface area (Å²) in [6, 6.07) is 9.30. The van der Waals surface area contributed by atoms with Crippen LogP contribution < -0.4 is 68.2 Å². The lowest BCUT2D eigenvalue weighted by Gasteiger charge is -2.46. The molecule has 1 unspecified atom stereocenters. The molecule has 39 nitrogen and oxygen atoms in total. The Morgan fingerprint density at radius 1 is 0.672 bits per heavy atom. The number of phenolic OH excluding ortho intramolecular Hbond substituents is 3. The summed E-state index contributed by atoms with van der Waals surface area (Å²) in [6.07, 6.45) is -26.0. The van der Waals surface area contributed by atoms with Gasteiger partial charge in [-0.2, -0.15) is 0 Å².